The van der Waals surface area contributed by atoms with Crippen molar-refractivity contribution in [1.29, 1.82) is 0 Å². The summed E-state index contributed by atoms with van der Waals surface area (Å²) < 4.78 is 0. The quantitative estimate of drug-likeness (QED) is 0.104. The molecule has 1 aliphatic heterocycles. The van der Waals surface area contributed by atoms with Crippen LogP contribution in [-0.2, 0) is 75.2 Å². The molecule has 0 aromatic heterocycles. The standard InChI is InChI=1S/2C8H10.C7H13NO.4C5H12.C5H8.C4H11N.C4H10.C3H8O.2C2H6.4CH5N.12CH2O.7H3N/c2*1-2-8-6-4-3-5-7-8;1-7(9)8-5-3-2-4-6-8;4*1-4-5(2)3;1-3-5-4-2;1-2-3-4-5;1-4(2)3;1-3(2)4;18*1-2;;;;;;;/h2*3-7H,2H2,1H3;2-6H2,1H3;4*5H,4H2,1-3H3;3-5H,1H2,2H3;2-5H2,1H3;4H,1-3H3;3-4H,1-2H3;2*1-2H3;4*2H2,1H3;12*1H2;7*1H3/b;;;;;;;5-4-;;;;;;;;;;;;;;;;;;;;;;;;;;;;. The van der Waals surface area contributed by atoms with Crippen molar-refractivity contribution >= 4 is 87.4 Å². The van der Waals surface area contributed by atoms with Gasteiger partial charge in [-0.1, -0.05) is 270 Å². The van der Waals surface area contributed by atoms with Crippen LogP contribution in [0.2, 0.25) is 0 Å². The number of carbonyl (C=O) groups is 13. The molecule has 27 nitrogen and oxygen atoms in total. The van der Waals surface area contributed by atoms with E-state index in [9.17, 15) is 4.79 Å². The Kier molecular flexibility index (Phi) is 760. The Hall–Kier alpha value is -7.09. The lowest BCUT2D eigenvalue weighted by atomic mass is 10.1. The van der Waals surface area contributed by atoms with Crippen LogP contribution >= 0.6 is 0 Å². The molecule has 27 heteroatoms. The molecule has 0 atom stereocenters. The molecule has 0 spiro atoms. The third-order valence-corrected chi connectivity index (χ3v) is 8.46. The van der Waals surface area contributed by atoms with Gasteiger partial charge in [-0.15, -0.1) is 0 Å². The van der Waals surface area contributed by atoms with Crippen LogP contribution in [-0.4, -0.2) is 151 Å². The Bertz CT molecular complexity index is 1210. The molecule has 3 rings (SSSR count). The van der Waals surface area contributed by atoms with E-state index in [-0.39, 0.29) is 55.1 Å². The summed E-state index contributed by atoms with van der Waals surface area (Å²) in [6.45, 7) is 84.8. The third-order valence-electron chi connectivity index (χ3n) is 8.46. The molecule has 1 heterocycles. The fraction of sp³-hybridized carbons (Fsp3) is 0.633. The molecular weight excluding hydrogens is 1350 g/mol. The topological polar surface area (TPSA) is 620 Å². The first-order chi connectivity index (χ1) is 47.5. The maximum Gasteiger partial charge on any atom is 0.219 e. The zero-order valence-corrected chi connectivity index (χ0v) is 75.6. The van der Waals surface area contributed by atoms with E-state index >= 15 is 0 Å². The average molecular weight is 1550 g/mol. The number of nitrogens with two attached hydrogens (primary N) is 5. The van der Waals surface area contributed by atoms with Gasteiger partial charge in [0.2, 0.25) is 5.91 Å². The minimum absolute atomic E-state index is 0. The monoisotopic (exact) mass is 1550 g/mol. The van der Waals surface area contributed by atoms with Crippen molar-refractivity contribution in [3.63, 3.8) is 0 Å². The smallest absolute Gasteiger partial charge is 0.219 e. The van der Waals surface area contributed by atoms with Crippen LogP contribution in [0.3, 0.4) is 0 Å². The molecule has 106 heavy (non-hydrogen) atoms. The first kappa shape index (κ1) is 218. The molecule has 1 fully saturated rings. The molecule has 1 aliphatic rings. The van der Waals surface area contributed by atoms with Crippen molar-refractivity contribution in [3.8, 4) is 0 Å². The molecule has 0 aliphatic carbocycles. The third kappa shape index (κ3) is 654. The van der Waals surface area contributed by atoms with Crippen molar-refractivity contribution in [2.45, 2.75) is 257 Å². The SMILES string of the molecule is C=C/C=C\C.C=O.C=O.C=O.C=O.C=O.C=O.C=O.C=O.C=O.C=O.C=O.C=O.CC.CC.CC(=O)N1CCCCC1.CC(C)C.CC(C)O.CCC(C)C.CCC(C)C.CCC(C)C.CCC(C)C.CCCCN.CCc1ccccc1.CCc1ccccc1.CN.CN.CN.CN.N.N.N.N.N.N.N. The van der Waals surface area contributed by atoms with E-state index in [2.05, 4.69) is 203 Å². The summed E-state index contributed by atoms with van der Waals surface area (Å²) in [7, 11) is 6.00. The lowest BCUT2D eigenvalue weighted by Crippen LogP contribution is -2.33. The second kappa shape index (κ2) is 369. The van der Waals surface area contributed by atoms with Gasteiger partial charge in [-0.3, -0.25) is 4.79 Å². The lowest BCUT2D eigenvalue weighted by Gasteiger charge is -2.24. The zero-order valence-electron chi connectivity index (χ0n) is 75.6. The molecule has 1 saturated heterocycles. The predicted molar refractivity (Wildman–Crippen MR) is 479 cm³/mol. The molecule has 660 valence electrons. The van der Waals surface area contributed by atoms with Crippen LogP contribution < -0.4 is 71.7 Å². The minimum atomic E-state index is -0.167. The van der Waals surface area contributed by atoms with Crippen molar-refractivity contribution < 1.29 is 67.4 Å². The summed E-state index contributed by atoms with van der Waals surface area (Å²) in [5.74, 6) is 4.60. The second-order valence-corrected chi connectivity index (χ2v) is 18.2. The van der Waals surface area contributed by atoms with E-state index in [1.54, 1.807) is 26.8 Å². The highest BCUT2D eigenvalue weighted by molar-refractivity contribution is 5.73. The highest BCUT2D eigenvalue weighted by atomic mass is 16.3. The summed E-state index contributed by atoms with van der Waals surface area (Å²) >= 11 is 0. The van der Waals surface area contributed by atoms with Crippen molar-refractivity contribution in [3.05, 3.63) is 96.6 Å². The maximum absolute atomic E-state index is 10.7. The number of aliphatic hydroxyl groups excluding tert-OH is 1. The van der Waals surface area contributed by atoms with Gasteiger partial charge in [-0.05, 0) is 135 Å². The van der Waals surface area contributed by atoms with E-state index in [4.69, 9.17) is 68.4 Å². The Balaban J connectivity index is -0.0000000171. The van der Waals surface area contributed by atoms with E-state index in [0.29, 0.717) is 0 Å². The largest absolute Gasteiger partial charge is 0.394 e. The summed E-state index contributed by atoms with van der Waals surface area (Å²) in [6.07, 6.45) is 19.0. The Morgan fingerprint density at radius 3 is 0.623 bits per heavy atom. The number of piperidine rings is 1. The number of hydrogen-bond donors (Lipinski definition) is 13. The van der Waals surface area contributed by atoms with Gasteiger partial charge >= 0.3 is 0 Å². The fourth-order valence-electron chi connectivity index (χ4n) is 2.98. The van der Waals surface area contributed by atoms with E-state index < -0.39 is 0 Å². The molecule has 0 saturated carbocycles. The fourth-order valence-corrected chi connectivity index (χ4v) is 2.98. The maximum atomic E-state index is 10.7. The molecule has 1 amide bonds. The number of benzene rings is 2. The number of likely N-dealkylation sites (tertiary alicyclic amines) is 1. The van der Waals surface area contributed by atoms with Gasteiger partial charge in [0.25, 0.3) is 0 Å². The minimum Gasteiger partial charge on any atom is -0.394 e. The normalized spacial score (nSPS) is 7.17. The van der Waals surface area contributed by atoms with E-state index in [0.717, 1.165) is 62.1 Å². The number of allylic oxidation sites excluding steroid dienone is 3. The first-order valence-corrected chi connectivity index (χ1v) is 33.3. The number of hydrogen-bond acceptors (Lipinski definition) is 26. The van der Waals surface area contributed by atoms with Gasteiger partial charge in [0.15, 0.2) is 0 Å². The van der Waals surface area contributed by atoms with Crippen LogP contribution in [0.1, 0.15) is 249 Å². The van der Waals surface area contributed by atoms with E-state index in [1.165, 1.54) is 97.1 Å². The number of nitrogens with zero attached hydrogens (tertiary/aromatic N) is 1. The number of unbranched alkanes of at least 4 members (excludes halogenated alkanes) is 1. The summed E-state index contributed by atoms with van der Waals surface area (Å²) in [5.41, 5.74) is 26.0. The van der Waals surface area contributed by atoms with Gasteiger partial charge in [0, 0.05) is 26.1 Å². The Labute approximate surface area is 659 Å². The van der Waals surface area contributed by atoms with Crippen LogP contribution in [0.25, 0.3) is 0 Å². The van der Waals surface area contributed by atoms with Crippen LogP contribution in [0.4, 0.5) is 0 Å². The Morgan fingerprint density at radius 2 is 0.566 bits per heavy atom. The van der Waals surface area contributed by atoms with Gasteiger partial charge in [-0.25, -0.2) is 0 Å². The second-order valence-electron chi connectivity index (χ2n) is 18.2. The summed E-state index contributed by atoms with van der Waals surface area (Å²) in [4.78, 5) is 109. The summed E-state index contributed by atoms with van der Waals surface area (Å²) in [6, 6.07) is 20.9. The molecule has 2 aromatic carbocycles. The van der Waals surface area contributed by atoms with Gasteiger partial charge in [-0.2, -0.15) is 0 Å². The average Bonchev–Trinajstić information content (AvgIpc) is 0.965. The molecule has 0 radical (unpaired) electrons. The highest BCUT2D eigenvalue weighted by Crippen LogP contribution is 2.08. The van der Waals surface area contributed by atoms with Crippen molar-refractivity contribution in [2.75, 3.05) is 47.8 Å². The first-order valence-electron chi connectivity index (χ1n) is 33.3. The van der Waals surface area contributed by atoms with Gasteiger partial charge in [0.05, 0.1) is 0 Å². The number of amides is 1. The number of rotatable bonds is 9. The lowest BCUT2D eigenvalue weighted by molar-refractivity contribution is -0.129. The van der Waals surface area contributed by atoms with Crippen LogP contribution in [0, 0.1) is 29.6 Å². The molecule has 2 aromatic rings. The van der Waals surface area contributed by atoms with Crippen LogP contribution in [0.5, 0.6) is 0 Å². The highest BCUT2D eigenvalue weighted by Gasteiger charge is 2.11. The van der Waals surface area contributed by atoms with Gasteiger partial charge < -0.3 is 139 Å². The van der Waals surface area contributed by atoms with Crippen LogP contribution in [0.15, 0.2) is 85.5 Å². The Morgan fingerprint density at radius 1 is 0.406 bits per heavy atom. The number of aryl methyl sites for hydroxylation is 2. The zero-order chi connectivity index (χ0) is 86.9. The number of carbonyl (C=O) groups excluding carboxylic acids is 13. The molecule has 32 N–H and O–H groups in total. The molecule has 0 unspecified atom stereocenters. The van der Waals surface area contributed by atoms with Crippen molar-refractivity contribution in [2.24, 2.45) is 58.3 Å². The number of aliphatic hydroxyl groups is 1. The molecule has 0 bridgehead atoms. The molecular formula is C79H195N13O14. The van der Waals surface area contributed by atoms with E-state index in [1.807, 2.05) is 145 Å². The van der Waals surface area contributed by atoms with Crippen molar-refractivity contribution in [1.82, 2.24) is 48.0 Å². The predicted octanol–water partition coefficient (Wildman–Crippen LogP) is 17.5. The van der Waals surface area contributed by atoms with Gasteiger partial charge in [0.1, 0.15) is 81.5 Å². The summed E-state index contributed by atoms with van der Waals surface area (Å²) in [5, 5.41) is 8.06.